The molecule has 12 heteroatoms. The normalized spacial score (nSPS) is 14.3. The molecule has 0 spiro atoms. The SMILES string of the molecule is CCCCCCCCC(CCCCCC)CN1C(=O)C2=C(c3ccc(-c4cc(CCCCCC)c(C(C)(C)C(C)(C)c5ccc(-c6cc(CCCCCC)c(-c7sc(C(C)(C)C)cc7CCCCCC)s6)s5)s4)s3)N(CC(CCCCCC)CCCCCCCC)C(=O)C2=C1c1ccc(-c2cc(CCCCCC)c(-c3ccc(C(C)(C)C)s3)s2)s1. The van der Waals surface area contributed by atoms with Crippen molar-refractivity contribution >= 4 is 114 Å². The van der Waals surface area contributed by atoms with Gasteiger partial charge in [-0.1, -0.05) is 330 Å². The summed E-state index contributed by atoms with van der Waals surface area (Å²) in [4.78, 5) is 59.9. The fraction of sp³-hybridized carbons (Fsp3) is 0.648. The Balaban J connectivity index is 1.09. The molecule has 662 valence electrons. The summed E-state index contributed by atoms with van der Waals surface area (Å²) in [6.45, 7) is 44.3. The summed E-state index contributed by atoms with van der Waals surface area (Å²) in [7, 11) is 0. The molecule has 2 aliphatic rings. The topological polar surface area (TPSA) is 40.6 Å². The van der Waals surface area contributed by atoms with Gasteiger partial charge in [0.1, 0.15) is 0 Å². The largest absolute Gasteiger partial charge is 0.306 e. The van der Waals surface area contributed by atoms with Gasteiger partial charge in [-0.3, -0.25) is 9.59 Å². The quantitative estimate of drug-likeness (QED) is 0.0357. The molecule has 2 atom stereocenters. The van der Waals surface area contributed by atoms with E-state index in [0.717, 1.165) is 72.5 Å². The third-order valence-corrected chi connectivity index (χ3v) is 38.1. The fourth-order valence-corrected chi connectivity index (χ4v) is 28.5. The highest BCUT2D eigenvalue weighted by Gasteiger charge is 2.51. The van der Waals surface area contributed by atoms with Crippen LogP contribution in [0.4, 0.5) is 0 Å². The fourth-order valence-electron chi connectivity index (χ4n) is 18.3. The van der Waals surface area contributed by atoms with Gasteiger partial charge in [-0.05, 0) is 195 Å². The van der Waals surface area contributed by atoms with E-state index in [0.29, 0.717) is 36.1 Å². The van der Waals surface area contributed by atoms with Crippen LogP contribution in [0, 0.1) is 11.8 Å². The molecule has 0 N–H and O–H groups in total. The summed E-state index contributed by atoms with van der Waals surface area (Å²) in [5.41, 5.74) is 8.94. The molecule has 10 rings (SSSR count). The second-order valence-corrected chi connectivity index (χ2v) is 47.9. The first kappa shape index (κ1) is 98.2. The van der Waals surface area contributed by atoms with Gasteiger partial charge in [0, 0.05) is 92.2 Å². The van der Waals surface area contributed by atoms with Crippen LogP contribution in [0.2, 0.25) is 0 Å². The van der Waals surface area contributed by atoms with Crippen LogP contribution < -0.4 is 0 Å². The van der Waals surface area contributed by atoms with Crippen LogP contribution in [0.25, 0.3) is 60.2 Å². The maximum Gasteiger partial charge on any atom is 0.261 e. The van der Waals surface area contributed by atoms with Gasteiger partial charge in [0.2, 0.25) is 0 Å². The molecule has 0 fully saturated rings. The first-order chi connectivity index (χ1) is 57.8. The Morgan fingerprint density at radius 2 is 0.575 bits per heavy atom. The summed E-state index contributed by atoms with van der Waals surface area (Å²) in [5, 5.41) is 0. The third kappa shape index (κ3) is 25.9. The van der Waals surface area contributed by atoms with E-state index in [-0.39, 0.29) is 33.5 Å². The van der Waals surface area contributed by atoms with Gasteiger partial charge in [0.05, 0.1) is 32.3 Å². The molecule has 0 radical (unpaired) electrons. The number of amides is 2. The lowest BCUT2D eigenvalue weighted by molar-refractivity contribution is -0.124. The first-order valence-corrected chi connectivity index (χ1v) is 55.5. The minimum absolute atomic E-state index is 0.0446. The maximum absolute atomic E-state index is 16.9. The van der Waals surface area contributed by atoms with Crippen LogP contribution >= 0.6 is 90.7 Å². The van der Waals surface area contributed by atoms with E-state index in [2.05, 4.69) is 230 Å². The van der Waals surface area contributed by atoms with E-state index in [1.165, 1.54) is 306 Å². The zero-order valence-corrected chi connectivity index (χ0v) is 85.1. The maximum atomic E-state index is 16.9. The van der Waals surface area contributed by atoms with Crippen molar-refractivity contribution in [3.8, 4) is 48.8 Å². The summed E-state index contributed by atoms with van der Waals surface area (Å²) >= 11 is 15.8. The Kier molecular flexibility index (Phi) is 39.5. The number of fused-ring (bicyclic) bond motifs is 1. The van der Waals surface area contributed by atoms with Gasteiger partial charge in [0.25, 0.3) is 11.8 Å². The van der Waals surface area contributed by atoms with E-state index in [1.54, 1.807) is 16.0 Å². The minimum atomic E-state index is -0.222. The van der Waals surface area contributed by atoms with E-state index in [1.807, 2.05) is 68.0 Å². The van der Waals surface area contributed by atoms with Crippen LogP contribution in [-0.2, 0) is 56.9 Å². The highest BCUT2D eigenvalue weighted by Crippen LogP contribution is 2.57. The zero-order chi connectivity index (χ0) is 86.0. The molecule has 8 aromatic heterocycles. The lowest BCUT2D eigenvalue weighted by Gasteiger charge is -2.41. The lowest BCUT2D eigenvalue weighted by atomic mass is 9.65. The van der Waals surface area contributed by atoms with E-state index in [4.69, 9.17) is 0 Å². The molecule has 2 aliphatic heterocycles. The number of hydrogen-bond donors (Lipinski definition) is 0. The number of rotatable bonds is 58. The van der Waals surface area contributed by atoms with Crippen molar-refractivity contribution < 1.29 is 9.59 Å². The van der Waals surface area contributed by atoms with Gasteiger partial charge in [-0.2, -0.15) is 0 Å². The van der Waals surface area contributed by atoms with Crippen molar-refractivity contribution in [2.75, 3.05) is 13.1 Å². The van der Waals surface area contributed by atoms with E-state index in [9.17, 15) is 0 Å². The van der Waals surface area contributed by atoms with Gasteiger partial charge in [0.15, 0.2) is 0 Å². The highest BCUT2D eigenvalue weighted by molar-refractivity contribution is 7.28. The molecular formula is C108H160N2O2S8. The van der Waals surface area contributed by atoms with E-state index >= 15 is 9.59 Å². The monoisotopic (exact) mass is 1770 g/mol. The van der Waals surface area contributed by atoms with Crippen LogP contribution in [-0.4, -0.2) is 34.7 Å². The second kappa shape index (κ2) is 48.3. The predicted octanol–water partition coefficient (Wildman–Crippen LogP) is 37.3. The predicted molar refractivity (Wildman–Crippen MR) is 542 cm³/mol. The lowest BCUT2D eigenvalue weighted by Crippen LogP contribution is -2.39. The standard InChI is InChI=1S/C108H160N2O2S8/c1-19-27-35-43-45-49-57-77(55-47-37-29-21-3)75-109-97(86-65-63-83(113-86)89-71-79(59-51-39-31-23-5)99(117-89)88-68-69-92(116-88)105(9,10)11)95-96(104(109)112)98(110(103(95)111)76-78(56-48-38-30-22-4)58-50-46-44-36-28-20-2)87-66-64-84(114-87)91-73-82(62-54-42-34-26-8)102(119-91)108(17,18)107(15,16)93-70-67-85(115-93)90-72-80(60-52-40-32-24-6)100(118-90)101-81(61-53-41-33-25-7)74-94(120-101)106(12,13)14/h63-74,77-78H,19-62,75-76H2,1-18H3. The number of aryl methyl sites for hydroxylation is 4. The molecule has 10 heterocycles. The van der Waals surface area contributed by atoms with Crippen molar-refractivity contribution in [1.82, 2.24) is 9.80 Å². The van der Waals surface area contributed by atoms with Gasteiger partial charge in [-0.25, -0.2) is 0 Å². The molecule has 0 saturated carbocycles. The summed E-state index contributed by atoms with van der Waals surface area (Å²) in [6.07, 6.45) is 53.5. The molecule has 4 nitrogen and oxygen atoms in total. The number of carbonyl (C=O) groups is 2. The van der Waals surface area contributed by atoms with E-state index < -0.39 is 0 Å². The van der Waals surface area contributed by atoms with Gasteiger partial charge < -0.3 is 9.80 Å². The smallest absolute Gasteiger partial charge is 0.261 e. The van der Waals surface area contributed by atoms with Crippen molar-refractivity contribution in [3.05, 3.63) is 135 Å². The van der Waals surface area contributed by atoms with Gasteiger partial charge >= 0.3 is 0 Å². The Bertz CT molecular complexity index is 4470. The Morgan fingerprint density at radius 3 is 1.00 bits per heavy atom. The van der Waals surface area contributed by atoms with Crippen molar-refractivity contribution in [3.63, 3.8) is 0 Å². The Morgan fingerprint density at radius 1 is 0.267 bits per heavy atom. The van der Waals surface area contributed by atoms with Crippen molar-refractivity contribution in [1.29, 1.82) is 0 Å². The minimum Gasteiger partial charge on any atom is -0.306 e. The number of thiophene rings is 8. The van der Waals surface area contributed by atoms with Crippen LogP contribution in [0.1, 0.15) is 433 Å². The number of carbonyl (C=O) groups excluding carboxylic acids is 2. The molecule has 0 saturated heterocycles. The average Bonchev–Trinajstić information content (AvgIpc) is 1.55. The molecule has 0 aliphatic carbocycles. The highest BCUT2D eigenvalue weighted by atomic mass is 32.1. The van der Waals surface area contributed by atoms with Gasteiger partial charge in [-0.15, -0.1) is 90.7 Å². The Hall–Kier alpha value is -3.98. The molecular weight excluding hydrogens is 1610 g/mol. The van der Waals surface area contributed by atoms with Crippen LogP contribution in [0.5, 0.6) is 0 Å². The number of hydrogen-bond acceptors (Lipinski definition) is 10. The summed E-state index contributed by atoms with van der Waals surface area (Å²) in [5.74, 6) is 0.757. The second-order valence-electron chi connectivity index (χ2n) is 39.3. The molecule has 2 amide bonds. The molecule has 2 unspecified atom stereocenters. The Labute approximate surface area is 764 Å². The third-order valence-electron chi connectivity index (χ3n) is 26.6. The number of unbranched alkanes of at least 4 members (excludes halogenated alkanes) is 28. The average molecular weight is 1780 g/mol. The van der Waals surface area contributed by atoms with Crippen molar-refractivity contribution in [2.24, 2.45) is 11.8 Å². The van der Waals surface area contributed by atoms with Crippen molar-refractivity contribution in [2.45, 2.75) is 429 Å². The summed E-state index contributed by atoms with van der Waals surface area (Å²) < 4.78 is 0. The van der Waals surface area contributed by atoms with Crippen LogP contribution in [0.15, 0.2) is 83.9 Å². The zero-order valence-electron chi connectivity index (χ0n) is 78.6. The van der Waals surface area contributed by atoms with Crippen LogP contribution in [0.3, 0.4) is 0 Å². The molecule has 0 bridgehead atoms. The summed E-state index contributed by atoms with van der Waals surface area (Å²) in [6, 6.07) is 29.4. The molecule has 120 heavy (non-hydrogen) atoms. The molecule has 0 aromatic carbocycles. The molecule has 8 aromatic rings. The number of nitrogens with zero attached hydrogens (tertiary/aromatic N) is 2. The first-order valence-electron chi connectivity index (χ1n) is 48.9.